The van der Waals surface area contributed by atoms with Crippen LogP contribution in [0.3, 0.4) is 0 Å². The Balaban J connectivity index is 1.47. The molecule has 1 fully saturated rings. The number of benzene rings is 1. The van der Waals surface area contributed by atoms with Crippen LogP contribution in [0.1, 0.15) is 24.7 Å². The molecule has 0 aliphatic heterocycles. The van der Waals surface area contributed by atoms with Gasteiger partial charge >= 0.3 is 6.33 Å². The van der Waals surface area contributed by atoms with Crippen LogP contribution in [0.5, 0.6) is 11.5 Å². The highest BCUT2D eigenvalue weighted by atomic mass is 16.5. The summed E-state index contributed by atoms with van der Waals surface area (Å²) in [5.41, 5.74) is 0.798. The summed E-state index contributed by atoms with van der Waals surface area (Å²) in [5, 5.41) is 9.40. The van der Waals surface area contributed by atoms with Crippen LogP contribution in [0.15, 0.2) is 36.8 Å². The maximum Gasteiger partial charge on any atom is 0.307 e. The fourth-order valence-corrected chi connectivity index (χ4v) is 2.65. The van der Waals surface area contributed by atoms with Crippen LogP contribution in [0, 0.1) is 0 Å². The van der Waals surface area contributed by atoms with E-state index in [0.29, 0.717) is 30.1 Å². The Hall–Kier alpha value is -3.36. The van der Waals surface area contributed by atoms with Crippen molar-refractivity contribution in [1.29, 1.82) is 0 Å². The summed E-state index contributed by atoms with van der Waals surface area (Å²) >= 11 is 0. The van der Waals surface area contributed by atoms with Crippen LogP contribution in [0.4, 0.5) is 17.5 Å². The fraction of sp³-hybridized carbons (Fsp3) is 0.333. The Kier molecular flexibility index (Phi) is 4.73. The third-order valence-corrected chi connectivity index (χ3v) is 4.23. The summed E-state index contributed by atoms with van der Waals surface area (Å²) in [5.74, 6) is 3.26. The van der Waals surface area contributed by atoms with Crippen molar-refractivity contribution in [1.82, 2.24) is 20.1 Å². The standard InChI is InChI=1S/C18H21N7O2/c1-19-16-7-8-20-18(23-16)22-12-3-6-14(26-2)15(9-12)27-10-17-21-11-25(24-17)13-4-5-13/h3,6-9,11,13H,4-5,10H2,1-2H3,(H2,19,20,22,23)/p+1. The van der Waals surface area contributed by atoms with Gasteiger partial charge in [0.25, 0.3) is 5.82 Å². The Morgan fingerprint density at radius 3 is 2.89 bits per heavy atom. The molecule has 3 aromatic rings. The molecule has 3 N–H and O–H groups in total. The summed E-state index contributed by atoms with van der Waals surface area (Å²) < 4.78 is 13.4. The first-order valence-electron chi connectivity index (χ1n) is 8.79. The fourth-order valence-electron chi connectivity index (χ4n) is 2.65. The number of nitrogens with one attached hydrogen (secondary N) is 3. The van der Waals surface area contributed by atoms with Gasteiger partial charge in [-0.25, -0.2) is 4.98 Å². The van der Waals surface area contributed by atoms with Gasteiger partial charge in [0.1, 0.15) is 11.9 Å². The molecular weight excluding hydrogens is 346 g/mol. The summed E-state index contributed by atoms with van der Waals surface area (Å²) in [6.07, 6.45) is 5.91. The van der Waals surface area contributed by atoms with E-state index in [-0.39, 0.29) is 0 Å². The second kappa shape index (κ2) is 7.48. The van der Waals surface area contributed by atoms with Crippen LogP contribution in [-0.4, -0.2) is 34.2 Å². The largest absolute Gasteiger partial charge is 0.493 e. The van der Waals surface area contributed by atoms with E-state index in [1.165, 1.54) is 12.8 Å². The molecule has 0 spiro atoms. The number of hydrogen-bond acceptors (Lipinski definition) is 7. The quantitative estimate of drug-likeness (QED) is 0.524. The lowest BCUT2D eigenvalue weighted by Gasteiger charge is -2.12. The molecular formula is C18H22N7O2+. The number of anilines is 3. The van der Waals surface area contributed by atoms with E-state index in [2.05, 4.69) is 30.7 Å². The normalized spacial score (nSPS) is 13.3. The molecule has 0 saturated heterocycles. The van der Waals surface area contributed by atoms with Crippen LogP contribution < -0.4 is 24.8 Å². The zero-order valence-electron chi connectivity index (χ0n) is 15.3. The summed E-state index contributed by atoms with van der Waals surface area (Å²) in [7, 11) is 3.43. The van der Waals surface area contributed by atoms with E-state index in [9.17, 15) is 0 Å². The van der Waals surface area contributed by atoms with Gasteiger partial charge < -0.3 is 20.1 Å². The maximum atomic E-state index is 5.93. The van der Waals surface area contributed by atoms with Crippen molar-refractivity contribution < 1.29 is 14.2 Å². The Morgan fingerprint density at radius 1 is 1.22 bits per heavy atom. The molecule has 27 heavy (non-hydrogen) atoms. The lowest BCUT2D eigenvalue weighted by molar-refractivity contribution is -0.755. The first-order valence-corrected chi connectivity index (χ1v) is 8.79. The van der Waals surface area contributed by atoms with E-state index < -0.39 is 0 Å². The van der Waals surface area contributed by atoms with Crippen molar-refractivity contribution in [3.63, 3.8) is 0 Å². The van der Waals surface area contributed by atoms with E-state index in [0.717, 1.165) is 17.3 Å². The smallest absolute Gasteiger partial charge is 0.307 e. The number of nitrogens with zero attached hydrogens (tertiary/aromatic N) is 4. The number of aromatic nitrogens is 5. The average Bonchev–Trinajstić information content (AvgIpc) is 3.45. The van der Waals surface area contributed by atoms with E-state index in [1.54, 1.807) is 19.4 Å². The predicted octanol–water partition coefficient (Wildman–Crippen LogP) is 2.19. The molecule has 0 unspecified atom stereocenters. The molecule has 0 amide bonds. The highest BCUT2D eigenvalue weighted by Crippen LogP contribution is 2.32. The minimum Gasteiger partial charge on any atom is -0.493 e. The molecule has 1 aliphatic carbocycles. The maximum absolute atomic E-state index is 5.93. The number of H-pyrrole nitrogens is 1. The minimum atomic E-state index is 0.325. The molecule has 1 saturated carbocycles. The molecule has 140 valence electrons. The highest BCUT2D eigenvalue weighted by Gasteiger charge is 2.30. The molecule has 0 atom stereocenters. The summed E-state index contributed by atoms with van der Waals surface area (Å²) in [6.45, 7) is 0.325. The number of ether oxygens (including phenoxy) is 2. The van der Waals surface area contributed by atoms with Crippen molar-refractivity contribution in [2.75, 3.05) is 24.8 Å². The van der Waals surface area contributed by atoms with Crippen molar-refractivity contribution >= 4 is 17.5 Å². The second-order valence-electron chi connectivity index (χ2n) is 6.24. The van der Waals surface area contributed by atoms with Gasteiger partial charge in [0.15, 0.2) is 18.1 Å². The predicted molar refractivity (Wildman–Crippen MR) is 99.2 cm³/mol. The Labute approximate surface area is 156 Å². The monoisotopic (exact) mass is 368 g/mol. The molecule has 2 heterocycles. The van der Waals surface area contributed by atoms with Gasteiger partial charge in [-0.15, -0.1) is 0 Å². The third-order valence-electron chi connectivity index (χ3n) is 4.23. The first-order chi connectivity index (χ1) is 13.2. The molecule has 4 rings (SSSR count). The van der Waals surface area contributed by atoms with Crippen LogP contribution in [0.2, 0.25) is 0 Å². The van der Waals surface area contributed by atoms with Gasteiger partial charge in [0, 0.05) is 25.0 Å². The van der Waals surface area contributed by atoms with Crippen molar-refractivity contribution in [3.8, 4) is 11.5 Å². The van der Waals surface area contributed by atoms with Crippen molar-refractivity contribution in [2.45, 2.75) is 25.5 Å². The third kappa shape index (κ3) is 4.08. The SMILES string of the molecule is CNc1ccnc(Nc2ccc(OC)c(OCc3nc[n+](C4CC4)[nH]3)c2)n1. The average molecular weight is 368 g/mol. The van der Waals surface area contributed by atoms with Crippen LogP contribution in [-0.2, 0) is 6.61 Å². The zero-order chi connectivity index (χ0) is 18.6. The van der Waals surface area contributed by atoms with Gasteiger partial charge in [0.2, 0.25) is 5.95 Å². The van der Waals surface area contributed by atoms with Gasteiger partial charge in [-0.3, -0.25) is 0 Å². The number of rotatable bonds is 8. The van der Waals surface area contributed by atoms with Crippen molar-refractivity contribution in [3.05, 3.63) is 42.6 Å². The van der Waals surface area contributed by atoms with Crippen LogP contribution >= 0.6 is 0 Å². The van der Waals surface area contributed by atoms with Gasteiger partial charge in [-0.1, -0.05) is 0 Å². The Morgan fingerprint density at radius 2 is 2.11 bits per heavy atom. The first kappa shape index (κ1) is 17.1. The number of aromatic amines is 1. The topological polar surface area (TPSA) is 101 Å². The lowest BCUT2D eigenvalue weighted by atomic mass is 10.2. The number of methoxy groups -OCH3 is 1. The summed E-state index contributed by atoms with van der Waals surface area (Å²) in [4.78, 5) is 12.9. The molecule has 9 nitrogen and oxygen atoms in total. The molecule has 9 heteroatoms. The zero-order valence-corrected chi connectivity index (χ0v) is 15.3. The molecule has 0 bridgehead atoms. The highest BCUT2D eigenvalue weighted by molar-refractivity contribution is 5.60. The Bertz CT molecular complexity index is 924. The molecule has 1 aromatic carbocycles. The van der Waals surface area contributed by atoms with E-state index >= 15 is 0 Å². The van der Waals surface area contributed by atoms with Gasteiger partial charge in [-0.05, 0) is 36.0 Å². The van der Waals surface area contributed by atoms with Crippen LogP contribution in [0.25, 0.3) is 0 Å². The van der Waals surface area contributed by atoms with E-state index in [1.807, 2.05) is 36.3 Å². The second-order valence-corrected chi connectivity index (χ2v) is 6.24. The van der Waals surface area contributed by atoms with E-state index in [4.69, 9.17) is 9.47 Å². The van der Waals surface area contributed by atoms with Crippen molar-refractivity contribution in [2.24, 2.45) is 0 Å². The minimum absolute atomic E-state index is 0.325. The lowest BCUT2D eigenvalue weighted by Crippen LogP contribution is -2.33. The van der Waals surface area contributed by atoms with Gasteiger partial charge in [0.05, 0.1) is 7.11 Å². The molecule has 1 aliphatic rings. The van der Waals surface area contributed by atoms with Gasteiger partial charge in [-0.2, -0.15) is 14.8 Å². The molecule has 2 aromatic heterocycles. The summed E-state index contributed by atoms with van der Waals surface area (Å²) in [6, 6.07) is 7.93. The molecule has 0 radical (unpaired) electrons. The number of hydrogen-bond donors (Lipinski definition) is 3.